The van der Waals surface area contributed by atoms with E-state index in [2.05, 4.69) is 30.6 Å². The number of pyridine rings is 1. The van der Waals surface area contributed by atoms with Crippen molar-refractivity contribution in [2.75, 3.05) is 10.6 Å². The molecule has 3 heterocycles. The summed E-state index contributed by atoms with van der Waals surface area (Å²) in [6.07, 6.45) is 5.24. The summed E-state index contributed by atoms with van der Waals surface area (Å²) in [4.78, 5) is 29.1. The number of carbonyl (C=O) groups is 1. The van der Waals surface area contributed by atoms with Gasteiger partial charge in [0.2, 0.25) is 11.9 Å². The number of benzene rings is 1. The van der Waals surface area contributed by atoms with Crippen LogP contribution in [0.3, 0.4) is 0 Å². The molecule has 4 rings (SSSR count). The minimum atomic E-state index is -0.124. The quantitative estimate of drug-likeness (QED) is 0.565. The van der Waals surface area contributed by atoms with Crippen molar-refractivity contribution in [2.24, 2.45) is 0 Å². The van der Waals surface area contributed by atoms with Crippen LogP contribution < -0.4 is 10.6 Å². The first-order valence-corrected chi connectivity index (χ1v) is 8.77. The average Bonchev–Trinajstić information content (AvgIpc) is 3.09. The third-order valence-electron chi connectivity index (χ3n) is 3.56. The lowest BCUT2D eigenvalue weighted by Crippen LogP contribution is -2.14. The van der Waals surface area contributed by atoms with Gasteiger partial charge in [-0.15, -0.1) is 11.3 Å². The van der Waals surface area contributed by atoms with E-state index in [0.29, 0.717) is 16.8 Å². The van der Waals surface area contributed by atoms with Gasteiger partial charge in [0.25, 0.3) is 0 Å². The van der Waals surface area contributed by atoms with Crippen LogP contribution in [0.5, 0.6) is 0 Å². The van der Waals surface area contributed by atoms with Crippen molar-refractivity contribution < 1.29 is 4.79 Å². The number of fused-ring (bicyclic) bond motifs is 1. The van der Waals surface area contributed by atoms with Crippen molar-refractivity contribution >= 4 is 44.9 Å². The van der Waals surface area contributed by atoms with E-state index in [-0.39, 0.29) is 12.3 Å². The number of nitrogens with one attached hydrogen (secondary N) is 2. The number of hydrogen-bond acceptors (Lipinski definition) is 7. The van der Waals surface area contributed by atoms with Crippen LogP contribution in [0, 0.1) is 0 Å². The van der Waals surface area contributed by atoms with Gasteiger partial charge in [-0.1, -0.05) is 6.07 Å². The summed E-state index contributed by atoms with van der Waals surface area (Å²) in [5.41, 5.74) is 2.32. The molecule has 0 aliphatic carbocycles. The molecule has 0 aliphatic heterocycles. The maximum Gasteiger partial charge on any atom is 0.230 e. The molecule has 1 amide bonds. The van der Waals surface area contributed by atoms with Gasteiger partial charge in [0, 0.05) is 35.0 Å². The van der Waals surface area contributed by atoms with Crippen molar-refractivity contribution in [1.29, 1.82) is 0 Å². The molecule has 26 heavy (non-hydrogen) atoms. The Kier molecular flexibility index (Phi) is 4.48. The second-order valence-corrected chi connectivity index (χ2v) is 6.34. The number of aromatic nitrogens is 4. The Balaban J connectivity index is 1.40. The lowest BCUT2D eigenvalue weighted by molar-refractivity contribution is -0.115. The van der Waals surface area contributed by atoms with Crippen LogP contribution in [0.1, 0.15) is 5.69 Å². The van der Waals surface area contributed by atoms with Crippen LogP contribution in [-0.2, 0) is 11.2 Å². The van der Waals surface area contributed by atoms with Gasteiger partial charge in [-0.2, -0.15) is 0 Å². The fourth-order valence-corrected chi connectivity index (χ4v) is 3.13. The third-order valence-corrected chi connectivity index (χ3v) is 4.37. The van der Waals surface area contributed by atoms with Crippen LogP contribution in [0.25, 0.3) is 10.9 Å². The molecular formula is C18H14N6OS. The Morgan fingerprint density at radius 3 is 2.77 bits per heavy atom. The van der Waals surface area contributed by atoms with Crippen molar-refractivity contribution in [1.82, 2.24) is 19.9 Å². The van der Waals surface area contributed by atoms with Gasteiger partial charge >= 0.3 is 0 Å². The normalized spacial score (nSPS) is 10.6. The highest BCUT2D eigenvalue weighted by atomic mass is 32.1. The summed E-state index contributed by atoms with van der Waals surface area (Å²) in [5.74, 6) is 0.351. The average molecular weight is 362 g/mol. The summed E-state index contributed by atoms with van der Waals surface area (Å²) in [6, 6.07) is 11.2. The molecule has 3 aromatic heterocycles. The number of thiazole rings is 1. The molecule has 0 spiro atoms. The van der Waals surface area contributed by atoms with Gasteiger partial charge in [-0.25, -0.2) is 15.0 Å². The molecule has 0 radical (unpaired) electrons. The molecule has 0 bridgehead atoms. The first-order chi connectivity index (χ1) is 12.8. The van der Waals surface area contributed by atoms with E-state index in [4.69, 9.17) is 0 Å². The van der Waals surface area contributed by atoms with E-state index in [9.17, 15) is 4.79 Å². The Morgan fingerprint density at radius 1 is 1.04 bits per heavy atom. The van der Waals surface area contributed by atoms with Gasteiger partial charge in [0.05, 0.1) is 17.6 Å². The second-order valence-electron chi connectivity index (χ2n) is 5.48. The fourth-order valence-electron chi connectivity index (χ4n) is 2.43. The van der Waals surface area contributed by atoms with E-state index < -0.39 is 0 Å². The molecule has 0 saturated heterocycles. The molecule has 0 aliphatic rings. The number of amides is 1. The van der Waals surface area contributed by atoms with Gasteiger partial charge in [0.15, 0.2) is 5.13 Å². The first kappa shape index (κ1) is 16.1. The summed E-state index contributed by atoms with van der Waals surface area (Å²) in [6.45, 7) is 0. The highest BCUT2D eigenvalue weighted by molar-refractivity contribution is 7.13. The zero-order valence-corrected chi connectivity index (χ0v) is 14.4. The largest absolute Gasteiger partial charge is 0.326 e. The van der Waals surface area contributed by atoms with Crippen molar-refractivity contribution in [3.05, 3.63) is 66.1 Å². The first-order valence-electron chi connectivity index (χ1n) is 7.89. The lowest BCUT2D eigenvalue weighted by atomic mass is 10.2. The lowest BCUT2D eigenvalue weighted by Gasteiger charge is -2.05. The van der Waals surface area contributed by atoms with Crippen molar-refractivity contribution in [2.45, 2.75) is 6.42 Å². The molecule has 0 unspecified atom stereocenters. The number of anilines is 3. The topological polar surface area (TPSA) is 92.7 Å². The predicted molar refractivity (Wildman–Crippen MR) is 102 cm³/mol. The standard InChI is InChI=1S/C18H14N6OS/c25-16(22-13-4-5-15-12(9-13)3-1-6-19-15)10-14-11-26-18(23-14)24-17-20-7-2-8-21-17/h1-9,11H,10H2,(H,22,25)(H,20,21,23,24). The fraction of sp³-hybridized carbons (Fsp3) is 0.0556. The van der Waals surface area contributed by atoms with E-state index in [1.54, 1.807) is 24.7 Å². The Labute approximate surface area is 153 Å². The van der Waals surface area contributed by atoms with Gasteiger partial charge < -0.3 is 10.6 Å². The highest BCUT2D eigenvalue weighted by Gasteiger charge is 2.09. The molecule has 128 valence electrons. The molecule has 8 heteroatoms. The number of hydrogen-bond donors (Lipinski definition) is 2. The summed E-state index contributed by atoms with van der Waals surface area (Å²) < 4.78 is 0. The van der Waals surface area contributed by atoms with Crippen LogP contribution >= 0.6 is 11.3 Å². The van der Waals surface area contributed by atoms with E-state index >= 15 is 0 Å². The number of carbonyl (C=O) groups excluding carboxylic acids is 1. The molecule has 0 saturated carbocycles. The maximum absolute atomic E-state index is 12.3. The Morgan fingerprint density at radius 2 is 1.88 bits per heavy atom. The molecule has 7 nitrogen and oxygen atoms in total. The van der Waals surface area contributed by atoms with Crippen LogP contribution in [0.2, 0.25) is 0 Å². The molecule has 4 aromatic rings. The monoisotopic (exact) mass is 362 g/mol. The van der Waals surface area contributed by atoms with Crippen LogP contribution in [0.4, 0.5) is 16.8 Å². The molecule has 1 aromatic carbocycles. The highest BCUT2D eigenvalue weighted by Crippen LogP contribution is 2.20. The molecule has 0 fully saturated rings. The minimum Gasteiger partial charge on any atom is -0.326 e. The van der Waals surface area contributed by atoms with Crippen LogP contribution in [0.15, 0.2) is 60.4 Å². The number of nitrogens with zero attached hydrogens (tertiary/aromatic N) is 4. The van der Waals surface area contributed by atoms with Gasteiger partial charge in [-0.05, 0) is 30.3 Å². The van der Waals surface area contributed by atoms with Crippen molar-refractivity contribution in [3.8, 4) is 0 Å². The van der Waals surface area contributed by atoms with Gasteiger partial charge in [-0.3, -0.25) is 9.78 Å². The summed E-state index contributed by atoms with van der Waals surface area (Å²) >= 11 is 1.40. The van der Waals surface area contributed by atoms with Gasteiger partial charge in [0.1, 0.15) is 0 Å². The predicted octanol–water partition coefficient (Wildman–Crippen LogP) is 3.41. The Hall–Kier alpha value is -3.39. The summed E-state index contributed by atoms with van der Waals surface area (Å²) in [7, 11) is 0. The maximum atomic E-state index is 12.3. The zero-order chi connectivity index (χ0) is 17.8. The molecule has 0 atom stereocenters. The minimum absolute atomic E-state index is 0.124. The van der Waals surface area contributed by atoms with E-state index in [1.807, 2.05) is 35.7 Å². The smallest absolute Gasteiger partial charge is 0.230 e. The zero-order valence-electron chi connectivity index (χ0n) is 13.6. The van der Waals surface area contributed by atoms with E-state index in [1.165, 1.54) is 11.3 Å². The third kappa shape index (κ3) is 3.81. The number of rotatable bonds is 5. The van der Waals surface area contributed by atoms with Crippen LogP contribution in [-0.4, -0.2) is 25.8 Å². The van der Waals surface area contributed by atoms with E-state index in [0.717, 1.165) is 16.6 Å². The Bertz CT molecular complexity index is 1050. The molecule has 2 N–H and O–H groups in total. The second kappa shape index (κ2) is 7.24. The summed E-state index contributed by atoms with van der Waals surface area (Å²) in [5, 5.41) is 9.38. The SMILES string of the molecule is O=C(Cc1csc(Nc2ncccn2)n1)Nc1ccc2ncccc2c1. The molecular weight excluding hydrogens is 348 g/mol. The van der Waals surface area contributed by atoms with Crippen molar-refractivity contribution in [3.63, 3.8) is 0 Å².